The molecule has 7 heteroatoms. The molecule has 0 fully saturated rings. The van der Waals surface area contributed by atoms with Crippen molar-refractivity contribution in [1.29, 1.82) is 0 Å². The molecule has 0 radical (unpaired) electrons. The lowest BCUT2D eigenvalue weighted by Gasteiger charge is -2.12. The van der Waals surface area contributed by atoms with Crippen LogP contribution in [0.1, 0.15) is 16.1 Å². The van der Waals surface area contributed by atoms with Crippen LogP contribution in [0.4, 0.5) is 20.2 Å². The first-order valence-electron chi connectivity index (χ1n) is 5.50. The van der Waals surface area contributed by atoms with E-state index in [1.54, 1.807) is 6.92 Å². The first-order chi connectivity index (χ1) is 9.38. The van der Waals surface area contributed by atoms with Crippen LogP contribution in [0.5, 0.6) is 0 Å². The average molecular weight is 299 g/mol. The number of halogens is 3. The van der Waals surface area contributed by atoms with Crippen LogP contribution >= 0.6 is 11.6 Å². The summed E-state index contributed by atoms with van der Waals surface area (Å²) in [6.45, 7) is 1.65. The van der Waals surface area contributed by atoms with Gasteiger partial charge in [-0.05, 0) is 19.1 Å². The van der Waals surface area contributed by atoms with Gasteiger partial charge in [-0.3, -0.25) is 4.98 Å². The molecule has 0 saturated carbocycles. The van der Waals surface area contributed by atoms with E-state index in [1.807, 2.05) is 0 Å². The van der Waals surface area contributed by atoms with Crippen LogP contribution in [0, 0.1) is 18.6 Å². The summed E-state index contributed by atoms with van der Waals surface area (Å²) in [5.41, 5.74) is 0.324. The summed E-state index contributed by atoms with van der Waals surface area (Å²) in [6.07, 6.45) is 1.15. The minimum absolute atomic E-state index is 0.123. The maximum Gasteiger partial charge on any atom is 0.339 e. The molecule has 20 heavy (non-hydrogen) atoms. The highest BCUT2D eigenvalue weighted by molar-refractivity contribution is 6.33. The van der Waals surface area contributed by atoms with Crippen LogP contribution in [-0.2, 0) is 0 Å². The third kappa shape index (κ3) is 2.85. The summed E-state index contributed by atoms with van der Waals surface area (Å²) < 4.78 is 26.6. The third-order valence-electron chi connectivity index (χ3n) is 2.54. The summed E-state index contributed by atoms with van der Waals surface area (Å²) in [5, 5.41) is 11.4. The van der Waals surface area contributed by atoms with E-state index in [2.05, 4.69) is 10.3 Å². The summed E-state index contributed by atoms with van der Waals surface area (Å²) in [4.78, 5) is 14.9. The number of carboxylic acids is 1. The van der Waals surface area contributed by atoms with Crippen LogP contribution in [0.2, 0.25) is 5.02 Å². The quantitative estimate of drug-likeness (QED) is 0.905. The number of hydrogen-bond donors (Lipinski definition) is 2. The fourth-order valence-electron chi connectivity index (χ4n) is 1.63. The first-order valence-corrected chi connectivity index (χ1v) is 5.88. The van der Waals surface area contributed by atoms with Gasteiger partial charge in [0.1, 0.15) is 11.4 Å². The highest BCUT2D eigenvalue weighted by Gasteiger charge is 2.15. The van der Waals surface area contributed by atoms with E-state index in [0.717, 1.165) is 12.3 Å². The van der Waals surface area contributed by atoms with Crippen molar-refractivity contribution >= 4 is 28.9 Å². The SMILES string of the molecule is Cc1cc(Nc2c(F)cc(F)cc2Cl)c(C(=O)O)cn1. The zero-order valence-corrected chi connectivity index (χ0v) is 11.0. The van der Waals surface area contributed by atoms with E-state index in [1.165, 1.54) is 6.07 Å². The average Bonchev–Trinajstić information content (AvgIpc) is 2.33. The molecule has 2 aromatic rings. The molecule has 0 aliphatic carbocycles. The zero-order chi connectivity index (χ0) is 14.9. The lowest BCUT2D eigenvalue weighted by molar-refractivity contribution is 0.0697. The number of pyridine rings is 1. The zero-order valence-electron chi connectivity index (χ0n) is 10.2. The van der Waals surface area contributed by atoms with Gasteiger partial charge >= 0.3 is 5.97 Å². The van der Waals surface area contributed by atoms with Crippen molar-refractivity contribution in [2.24, 2.45) is 0 Å². The number of aryl methyl sites for hydroxylation is 1. The summed E-state index contributed by atoms with van der Waals surface area (Å²) >= 11 is 5.75. The fourth-order valence-corrected chi connectivity index (χ4v) is 1.87. The monoisotopic (exact) mass is 298 g/mol. The molecule has 0 bridgehead atoms. The van der Waals surface area contributed by atoms with Gasteiger partial charge in [0, 0.05) is 18.0 Å². The van der Waals surface area contributed by atoms with E-state index in [0.29, 0.717) is 11.8 Å². The van der Waals surface area contributed by atoms with Gasteiger partial charge in [0.25, 0.3) is 0 Å². The van der Waals surface area contributed by atoms with E-state index in [-0.39, 0.29) is 22.0 Å². The Labute approximate surface area is 118 Å². The maximum atomic E-state index is 13.7. The summed E-state index contributed by atoms with van der Waals surface area (Å²) in [7, 11) is 0. The van der Waals surface area contributed by atoms with Crippen molar-refractivity contribution in [3.05, 3.63) is 52.3 Å². The molecule has 0 spiro atoms. The van der Waals surface area contributed by atoms with E-state index in [9.17, 15) is 13.6 Å². The molecule has 4 nitrogen and oxygen atoms in total. The van der Waals surface area contributed by atoms with Crippen LogP contribution in [0.15, 0.2) is 24.4 Å². The van der Waals surface area contributed by atoms with Crippen molar-refractivity contribution in [2.75, 3.05) is 5.32 Å². The number of carbonyl (C=O) groups is 1. The predicted octanol–water partition coefficient (Wildman–Crippen LogP) is 3.76. The Kier molecular flexibility index (Phi) is 3.85. The molecular weight excluding hydrogens is 290 g/mol. The molecule has 0 saturated heterocycles. The molecule has 0 amide bonds. The van der Waals surface area contributed by atoms with Crippen molar-refractivity contribution in [1.82, 2.24) is 4.98 Å². The number of benzene rings is 1. The molecule has 0 aliphatic rings. The van der Waals surface area contributed by atoms with Crippen LogP contribution < -0.4 is 5.32 Å². The second kappa shape index (κ2) is 5.42. The van der Waals surface area contributed by atoms with Gasteiger partial charge in [-0.1, -0.05) is 11.6 Å². The molecular formula is C13H9ClF2N2O2. The fraction of sp³-hybridized carbons (Fsp3) is 0.0769. The van der Waals surface area contributed by atoms with E-state index >= 15 is 0 Å². The number of anilines is 2. The molecule has 1 heterocycles. The number of nitrogens with zero attached hydrogens (tertiary/aromatic N) is 1. The number of carboxylic acid groups (broad SMARTS) is 1. The van der Waals surface area contributed by atoms with E-state index in [4.69, 9.17) is 16.7 Å². The number of nitrogens with one attached hydrogen (secondary N) is 1. The van der Waals surface area contributed by atoms with Gasteiger partial charge in [0.05, 0.1) is 16.4 Å². The Balaban J connectivity index is 2.50. The first kappa shape index (κ1) is 14.2. The Morgan fingerprint density at radius 1 is 1.35 bits per heavy atom. The minimum Gasteiger partial charge on any atom is -0.478 e. The van der Waals surface area contributed by atoms with Gasteiger partial charge in [-0.2, -0.15) is 0 Å². The second-order valence-corrected chi connectivity index (χ2v) is 4.45. The molecule has 0 unspecified atom stereocenters. The Hall–Kier alpha value is -2.21. The van der Waals surface area contributed by atoms with Gasteiger partial charge in [-0.15, -0.1) is 0 Å². The lowest BCUT2D eigenvalue weighted by Crippen LogP contribution is -2.05. The summed E-state index contributed by atoms with van der Waals surface area (Å²) in [6, 6.07) is 3.02. The molecule has 1 aromatic carbocycles. The Morgan fingerprint density at radius 2 is 2.05 bits per heavy atom. The molecule has 0 aliphatic heterocycles. The van der Waals surface area contributed by atoms with Crippen molar-refractivity contribution in [3.8, 4) is 0 Å². The smallest absolute Gasteiger partial charge is 0.339 e. The molecule has 2 N–H and O–H groups in total. The molecule has 104 valence electrons. The topological polar surface area (TPSA) is 62.2 Å². The van der Waals surface area contributed by atoms with Crippen LogP contribution in [0.3, 0.4) is 0 Å². The van der Waals surface area contributed by atoms with Gasteiger partial charge in [0.15, 0.2) is 5.82 Å². The number of hydrogen-bond acceptors (Lipinski definition) is 3. The Bertz CT molecular complexity index is 669. The van der Waals surface area contributed by atoms with Crippen molar-refractivity contribution < 1.29 is 18.7 Å². The Morgan fingerprint density at radius 3 is 2.65 bits per heavy atom. The van der Waals surface area contributed by atoms with Crippen molar-refractivity contribution in [2.45, 2.75) is 6.92 Å². The van der Waals surface area contributed by atoms with Crippen LogP contribution in [0.25, 0.3) is 0 Å². The molecule has 0 atom stereocenters. The van der Waals surface area contributed by atoms with Gasteiger partial charge < -0.3 is 10.4 Å². The lowest BCUT2D eigenvalue weighted by atomic mass is 10.2. The number of aromatic nitrogens is 1. The highest BCUT2D eigenvalue weighted by atomic mass is 35.5. The van der Waals surface area contributed by atoms with Gasteiger partial charge in [-0.25, -0.2) is 13.6 Å². The third-order valence-corrected chi connectivity index (χ3v) is 2.84. The molecule has 2 rings (SSSR count). The maximum absolute atomic E-state index is 13.7. The number of aromatic carboxylic acids is 1. The van der Waals surface area contributed by atoms with Gasteiger partial charge in [0.2, 0.25) is 0 Å². The largest absolute Gasteiger partial charge is 0.478 e. The second-order valence-electron chi connectivity index (χ2n) is 4.05. The van der Waals surface area contributed by atoms with Crippen molar-refractivity contribution in [3.63, 3.8) is 0 Å². The normalized spacial score (nSPS) is 10.4. The standard InChI is InChI=1S/C13H9ClF2N2O2/c1-6-2-11(8(5-17-6)13(19)20)18-12-9(14)3-7(15)4-10(12)16/h2-5H,1H3,(H,17,18)(H,19,20). The molecule has 1 aromatic heterocycles. The highest BCUT2D eigenvalue weighted by Crippen LogP contribution is 2.30. The van der Waals surface area contributed by atoms with E-state index < -0.39 is 17.6 Å². The summed E-state index contributed by atoms with van der Waals surface area (Å²) in [5.74, 6) is -2.96. The number of rotatable bonds is 3. The predicted molar refractivity (Wildman–Crippen MR) is 70.6 cm³/mol. The van der Waals surface area contributed by atoms with Crippen LogP contribution in [-0.4, -0.2) is 16.1 Å². The minimum atomic E-state index is -1.22.